The lowest BCUT2D eigenvalue weighted by Crippen LogP contribution is -2.41. The van der Waals surface area contributed by atoms with E-state index < -0.39 is 0 Å². The summed E-state index contributed by atoms with van der Waals surface area (Å²) in [6, 6.07) is 7.16. The summed E-state index contributed by atoms with van der Waals surface area (Å²) in [6.45, 7) is 4.02. The molecule has 1 heterocycles. The van der Waals surface area contributed by atoms with Crippen molar-refractivity contribution in [1.29, 1.82) is 0 Å². The molecular weight excluding hydrogens is 236 g/mol. The van der Waals surface area contributed by atoms with Gasteiger partial charge in [-0.1, -0.05) is 0 Å². The van der Waals surface area contributed by atoms with E-state index >= 15 is 0 Å². The lowest BCUT2D eigenvalue weighted by atomic mass is 10.2. The third-order valence-corrected chi connectivity index (χ3v) is 4.69. The van der Waals surface area contributed by atoms with E-state index in [1.54, 1.807) is 11.8 Å². The number of hydrogen-bond acceptors (Lipinski definition) is 4. The maximum Gasteiger partial charge on any atom is 0.0508 e. The molecule has 2 nitrogen and oxygen atoms in total. The van der Waals surface area contributed by atoms with Crippen molar-refractivity contribution in [3.05, 3.63) is 18.2 Å². The molecule has 1 aliphatic rings. The van der Waals surface area contributed by atoms with E-state index in [1.807, 2.05) is 11.8 Å². The van der Waals surface area contributed by atoms with Crippen LogP contribution in [0, 0.1) is 0 Å². The van der Waals surface area contributed by atoms with Gasteiger partial charge < -0.3 is 10.6 Å². The van der Waals surface area contributed by atoms with Gasteiger partial charge in [0.05, 0.1) is 5.69 Å². The number of rotatable bonds is 3. The van der Waals surface area contributed by atoms with Crippen LogP contribution in [0.3, 0.4) is 0 Å². The predicted octanol–water partition coefficient (Wildman–Crippen LogP) is 2.67. The van der Waals surface area contributed by atoms with Crippen molar-refractivity contribution in [3.8, 4) is 0 Å². The van der Waals surface area contributed by atoms with Crippen molar-refractivity contribution in [2.45, 2.75) is 22.8 Å². The Hall–Kier alpha value is -0.320. The zero-order chi connectivity index (χ0) is 11.5. The van der Waals surface area contributed by atoms with Crippen LogP contribution in [0.1, 0.15) is 6.92 Å². The molecule has 16 heavy (non-hydrogen) atoms. The Kier molecular flexibility index (Phi) is 4.05. The summed E-state index contributed by atoms with van der Waals surface area (Å²) >= 11 is 3.75. The van der Waals surface area contributed by atoms with Crippen molar-refractivity contribution >= 4 is 29.2 Å². The minimum Gasteiger partial charge on any atom is -0.366 e. The SMILES string of the molecule is CSc1ccc2c(c1)SCCN2C(C)CN. The molecule has 0 saturated heterocycles. The van der Waals surface area contributed by atoms with Crippen LogP contribution in [0.5, 0.6) is 0 Å². The van der Waals surface area contributed by atoms with Crippen LogP contribution in [0.4, 0.5) is 5.69 Å². The Morgan fingerprint density at radius 1 is 1.56 bits per heavy atom. The number of benzene rings is 1. The first-order valence-corrected chi connectivity index (χ1v) is 7.75. The Morgan fingerprint density at radius 2 is 2.38 bits per heavy atom. The number of nitrogens with two attached hydrogens (primary N) is 1. The van der Waals surface area contributed by atoms with Crippen molar-refractivity contribution in [2.75, 3.05) is 30.0 Å². The van der Waals surface area contributed by atoms with Crippen LogP contribution in [0.15, 0.2) is 28.0 Å². The second-order valence-corrected chi connectivity index (χ2v) is 5.98. The number of thioether (sulfide) groups is 2. The summed E-state index contributed by atoms with van der Waals surface area (Å²) in [5.41, 5.74) is 7.12. The average molecular weight is 254 g/mol. The van der Waals surface area contributed by atoms with E-state index in [4.69, 9.17) is 5.73 Å². The Bertz CT molecular complexity index is 368. The van der Waals surface area contributed by atoms with Gasteiger partial charge in [0.25, 0.3) is 0 Å². The van der Waals surface area contributed by atoms with Crippen LogP contribution in [0.2, 0.25) is 0 Å². The average Bonchev–Trinajstić information content (AvgIpc) is 2.36. The summed E-state index contributed by atoms with van der Waals surface area (Å²) in [5, 5.41) is 0. The van der Waals surface area contributed by atoms with Crippen LogP contribution in [-0.4, -0.2) is 31.1 Å². The molecule has 1 aromatic carbocycles. The van der Waals surface area contributed by atoms with Gasteiger partial charge in [0.1, 0.15) is 0 Å². The van der Waals surface area contributed by atoms with Crippen molar-refractivity contribution in [2.24, 2.45) is 5.73 Å². The van der Waals surface area contributed by atoms with Crippen LogP contribution < -0.4 is 10.6 Å². The molecule has 0 amide bonds. The molecule has 1 aliphatic heterocycles. The highest BCUT2D eigenvalue weighted by Crippen LogP contribution is 2.37. The first-order chi connectivity index (χ1) is 7.76. The molecule has 0 spiro atoms. The first-order valence-electron chi connectivity index (χ1n) is 5.54. The lowest BCUT2D eigenvalue weighted by molar-refractivity contribution is 0.651. The fourth-order valence-electron chi connectivity index (χ4n) is 1.93. The Labute approximate surface area is 106 Å². The molecule has 0 saturated carbocycles. The number of hydrogen-bond donors (Lipinski definition) is 1. The number of nitrogens with zero attached hydrogens (tertiary/aromatic N) is 1. The lowest BCUT2D eigenvalue weighted by Gasteiger charge is -2.35. The predicted molar refractivity (Wildman–Crippen MR) is 74.8 cm³/mol. The highest BCUT2D eigenvalue weighted by molar-refractivity contribution is 8.00. The van der Waals surface area contributed by atoms with Gasteiger partial charge in [-0.2, -0.15) is 0 Å². The van der Waals surface area contributed by atoms with Gasteiger partial charge in [0.15, 0.2) is 0 Å². The smallest absolute Gasteiger partial charge is 0.0508 e. The summed E-state index contributed by atoms with van der Waals surface area (Å²) < 4.78 is 0. The molecule has 0 aliphatic carbocycles. The largest absolute Gasteiger partial charge is 0.366 e. The maximum atomic E-state index is 5.76. The molecule has 2 N–H and O–H groups in total. The van der Waals surface area contributed by atoms with Crippen LogP contribution >= 0.6 is 23.5 Å². The van der Waals surface area contributed by atoms with E-state index in [9.17, 15) is 0 Å². The molecule has 88 valence electrons. The molecule has 2 rings (SSSR count). The minimum atomic E-state index is 0.430. The Morgan fingerprint density at radius 3 is 3.06 bits per heavy atom. The maximum absolute atomic E-state index is 5.76. The van der Waals surface area contributed by atoms with E-state index in [1.165, 1.54) is 15.5 Å². The van der Waals surface area contributed by atoms with Gasteiger partial charge >= 0.3 is 0 Å². The fourth-order valence-corrected chi connectivity index (χ4v) is 3.50. The van der Waals surface area contributed by atoms with Crippen LogP contribution in [-0.2, 0) is 0 Å². The summed E-state index contributed by atoms with van der Waals surface area (Å²) in [4.78, 5) is 5.17. The van der Waals surface area contributed by atoms with Gasteiger partial charge in [-0.05, 0) is 31.4 Å². The molecule has 0 fully saturated rings. The quantitative estimate of drug-likeness (QED) is 0.840. The van der Waals surface area contributed by atoms with Crippen LogP contribution in [0.25, 0.3) is 0 Å². The molecule has 0 bridgehead atoms. The standard InChI is InChI=1S/C12H18N2S2/c1-9(8-13)14-5-6-16-12-7-10(15-2)3-4-11(12)14/h3-4,7,9H,5-6,8,13H2,1-2H3. The molecule has 1 atom stereocenters. The summed E-state index contributed by atoms with van der Waals surface area (Å²) in [6.07, 6.45) is 2.12. The minimum absolute atomic E-state index is 0.430. The van der Waals surface area contributed by atoms with Gasteiger partial charge in [0, 0.05) is 34.7 Å². The highest BCUT2D eigenvalue weighted by atomic mass is 32.2. The number of fused-ring (bicyclic) bond motifs is 1. The van der Waals surface area contributed by atoms with E-state index in [-0.39, 0.29) is 0 Å². The van der Waals surface area contributed by atoms with E-state index in [2.05, 4.69) is 36.3 Å². The zero-order valence-electron chi connectivity index (χ0n) is 9.77. The second-order valence-electron chi connectivity index (χ2n) is 3.96. The highest BCUT2D eigenvalue weighted by Gasteiger charge is 2.20. The summed E-state index contributed by atoms with van der Waals surface area (Å²) in [7, 11) is 0. The van der Waals surface area contributed by atoms with Crippen molar-refractivity contribution < 1.29 is 0 Å². The second kappa shape index (κ2) is 5.34. The van der Waals surface area contributed by atoms with E-state index in [0.717, 1.165) is 12.3 Å². The first kappa shape index (κ1) is 12.1. The van der Waals surface area contributed by atoms with Gasteiger partial charge in [-0.25, -0.2) is 0 Å². The molecule has 1 aromatic rings. The molecule has 1 unspecified atom stereocenters. The number of anilines is 1. The third kappa shape index (κ3) is 2.34. The molecule has 4 heteroatoms. The molecular formula is C12H18N2S2. The fraction of sp³-hybridized carbons (Fsp3) is 0.500. The van der Waals surface area contributed by atoms with Gasteiger partial charge in [-0.3, -0.25) is 0 Å². The monoisotopic (exact) mass is 254 g/mol. The van der Waals surface area contributed by atoms with Gasteiger partial charge in [0.2, 0.25) is 0 Å². The van der Waals surface area contributed by atoms with Gasteiger partial charge in [-0.15, -0.1) is 23.5 Å². The van der Waals surface area contributed by atoms with Crippen molar-refractivity contribution in [1.82, 2.24) is 0 Å². The topological polar surface area (TPSA) is 29.3 Å². The molecule has 0 radical (unpaired) electrons. The summed E-state index contributed by atoms with van der Waals surface area (Å²) in [5.74, 6) is 1.16. The van der Waals surface area contributed by atoms with Crippen molar-refractivity contribution in [3.63, 3.8) is 0 Å². The van der Waals surface area contributed by atoms with E-state index in [0.29, 0.717) is 12.6 Å². The normalized spacial score (nSPS) is 17.1. The third-order valence-electron chi connectivity index (χ3n) is 2.94. The Balaban J connectivity index is 2.32. The zero-order valence-corrected chi connectivity index (χ0v) is 11.4. The molecule has 0 aromatic heterocycles.